The summed E-state index contributed by atoms with van der Waals surface area (Å²) in [6.07, 6.45) is 0.671. The number of hydrogen-bond donors (Lipinski definition) is 2. The average molecular weight is 515 g/mol. The molecule has 0 bridgehead atoms. The Morgan fingerprint density at radius 2 is 1.84 bits per heavy atom. The van der Waals surface area contributed by atoms with E-state index < -0.39 is 0 Å². The highest BCUT2D eigenvalue weighted by Gasteiger charge is 2.32. The smallest absolute Gasteiger partial charge is 0.241 e. The standard InChI is InChI=1S/C30H31FN4O3/c1-20(36)33-18-29(37)35-15-14-27(26(19-35)22-6-4-3-5-7-22)34-17-25-28(38-2)13-12-24(30(25)31)23-10-8-21(16-32)9-11-23/h3-13,26-27,34H,14-15,17-19H2,1-2H3,(H,33,36). The molecule has 0 saturated carbocycles. The quantitative estimate of drug-likeness (QED) is 0.474. The number of nitrogens with zero attached hydrogens (tertiary/aromatic N) is 2. The minimum absolute atomic E-state index is 0.00936. The molecule has 1 saturated heterocycles. The summed E-state index contributed by atoms with van der Waals surface area (Å²) in [5.74, 6) is -0.301. The molecule has 1 aliphatic heterocycles. The third-order valence-electron chi connectivity index (χ3n) is 6.97. The first kappa shape index (κ1) is 26.8. The lowest BCUT2D eigenvalue weighted by Crippen LogP contribution is -2.51. The molecular formula is C30H31FN4O3. The molecule has 0 aromatic heterocycles. The Labute approximate surface area is 222 Å². The highest BCUT2D eigenvalue weighted by Crippen LogP contribution is 2.33. The number of nitriles is 1. The SMILES string of the molecule is COc1ccc(-c2ccc(C#N)cc2)c(F)c1CNC1CCN(C(=O)CNC(C)=O)CC1c1ccccc1. The molecule has 8 heteroatoms. The maximum absolute atomic E-state index is 15.8. The molecule has 3 aromatic rings. The van der Waals surface area contributed by atoms with E-state index in [0.717, 1.165) is 5.56 Å². The highest BCUT2D eigenvalue weighted by molar-refractivity contribution is 5.83. The van der Waals surface area contributed by atoms with Crippen molar-refractivity contribution in [3.05, 3.63) is 89.2 Å². The van der Waals surface area contributed by atoms with Gasteiger partial charge in [-0.15, -0.1) is 0 Å². The van der Waals surface area contributed by atoms with Crippen molar-refractivity contribution in [3.8, 4) is 22.9 Å². The fraction of sp³-hybridized carbons (Fsp3) is 0.300. The normalized spacial score (nSPS) is 16.9. The van der Waals surface area contributed by atoms with Gasteiger partial charge in [-0.25, -0.2) is 4.39 Å². The Balaban J connectivity index is 1.55. The fourth-order valence-corrected chi connectivity index (χ4v) is 4.91. The molecule has 38 heavy (non-hydrogen) atoms. The van der Waals surface area contributed by atoms with Crippen molar-refractivity contribution in [2.45, 2.75) is 31.8 Å². The molecule has 7 nitrogen and oxygen atoms in total. The Kier molecular flexibility index (Phi) is 8.72. The molecule has 196 valence electrons. The number of benzene rings is 3. The molecule has 1 heterocycles. The van der Waals surface area contributed by atoms with Crippen molar-refractivity contribution >= 4 is 11.8 Å². The first-order valence-electron chi connectivity index (χ1n) is 12.6. The lowest BCUT2D eigenvalue weighted by atomic mass is 9.85. The van der Waals surface area contributed by atoms with Gasteiger partial charge in [0.25, 0.3) is 0 Å². The summed E-state index contributed by atoms with van der Waals surface area (Å²) in [6.45, 7) is 2.63. The molecule has 2 amide bonds. The summed E-state index contributed by atoms with van der Waals surface area (Å²) in [5, 5.41) is 15.2. The van der Waals surface area contributed by atoms with Crippen LogP contribution >= 0.6 is 0 Å². The summed E-state index contributed by atoms with van der Waals surface area (Å²) in [7, 11) is 1.52. The second-order valence-corrected chi connectivity index (χ2v) is 9.34. The Bertz CT molecular complexity index is 1320. The number of piperidine rings is 1. The third kappa shape index (κ3) is 6.18. The van der Waals surface area contributed by atoms with E-state index in [1.165, 1.54) is 14.0 Å². The van der Waals surface area contributed by atoms with Crippen molar-refractivity contribution in [2.75, 3.05) is 26.7 Å². The van der Waals surface area contributed by atoms with E-state index in [-0.39, 0.29) is 42.7 Å². The Morgan fingerprint density at radius 3 is 2.50 bits per heavy atom. The lowest BCUT2D eigenvalue weighted by Gasteiger charge is -2.39. The lowest BCUT2D eigenvalue weighted by molar-refractivity contribution is -0.133. The van der Waals surface area contributed by atoms with E-state index in [1.54, 1.807) is 41.3 Å². The number of carbonyl (C=O) groups excluding carboxylic acids is 2. The summed E-state index contributed by atoms with van der Waals surface area (Å²) in [4.78, 5) is 25.8. The van der Waals surface area contributed by atoms with Crippen molar-refractivity contribution in [3.63, 3.8) is 0 Å². The van der Waals surface area contributed by atoms with Crippen molar-refractivity contribution < 1.29 is 18.7 Å². The zero-order chi connectivity index (χ0) is 27.1. The third-order valence-corrected chi connectivity index (χ3v) is 6.97. The van der Waals surface area contributed by atoms with Crippen LogP contribution in [0.1, 0.15) is 36.0 Å². The fourth-order valence-electron chi connectivity index (χ4n) is 4.91. The zero-order valence-corrected chi connectivity index (χ0v) is 21.5. The van der Waals surface area contributed by atoms with Crippen molar-refractivity contribution in [1.82, 2.24) is 15.5 Å². The molecule has 1 fully saturated rings. The molecule has 2 N–H and O–H groups in total. The molecule has 0 aliphatic carbocycles. The first-order chi connectivity index (χ1) is 18.4. The van der Waals surface area contributed by atoms with Gasteiger partial charge >= 0.3 is 0 Å². The second-order valence-electron chi connectivity index (χ2n) is 9.34. The molecule has 0 radical (unpaired) electrons. The number of nitrogens with one attached hydrogen (secondary N) is 2. The van der Waals surface area contributed by atoms with Crippen LogP contribution in [0.5, 0.6) is 5.75 Å². The monoisotopic (exact) mass is 514 g/mol. The van der Waals surface area contributed by atoms with E-state index in [9.17, 15) is 9.59 Å². The molecule has 0 spiro atoms. The van der Waals surface area contributed by atoms with Crippen LogP contribution in [0.25, 0.3) is 11.1 Å². The van der Waals surface area contributed by atoms with Gasteiger partial charge in [-0.3, -0.25) is 9.59 Å². The van der Waals surface area contributed by atoms with Crippen LogP contribution < -0.4 is 15.4 Å². The van der Waals surface area contributed by atoms with E-state index in [0.29, 0.717) is 47.5 Å². The zero-order valence-electron chi connectivity index (χ0n) is 21.5. The molecule has 3 aromatic carbocycles. The van der Waals surface area contributed by atoms with Gasteiger partial charge in [0.1, 0.15) is 11.6 Å². The number of likely N-dealkylation sites (tertiary alicyclic amines) is 1. The topological polar surface area (TPSA) is 94.5 Å². The number of methoxy groups -OCH3 is 1. The van der Waals surface area contributed by atoms with Crippen molar-refractivity contribution in [2.24, 2.45) is 0 Å². The van der Waals surface area contributed by atoms with Gasteiger partial charge in [-0.1, -0.05) is 42.5 Å². The van der Waals surface area contributed by atoms with Gasteiger partial charge in [0.05, 0.1) is 25.3 Å². The molecule has 4 rings (SSSR count). The largest absolute Gasteiger partial charge is 0.496 e. The molecule has 2 atom stereocenters. The maximum atomic E-state index is 15.8. The van der Waals surface area contributed by atoms with E-state index in [1.807, 2.05) is 30.3 Å². The van der Waals surface area contributed by atoms with Gasteiger partial charge in [-0.05, 0) is 41.8 Å². The van der Waals surface area contributed by atoms with Gasteiger partial charge in [0, 0.05) is 49.6 Å². The number of halogens is 1. The van der Waals surface area contributed by atoms with Gasteiger partial charge in [0.2, 0.25) is 11.8 Å². The van der Waals surface area contributed by atoms with E-state index in [4.69, 9.17) is 10.00 Å². The minimum Gasteiger partial charge on any atom is -0.496 e. The molecular weight excluding hydrogens is 483 g/mol. The summed E-state index contributed by atoms with van der Waals surface area (Å²) in [6, 6.07) is 22.3. The van der Waals surface area contributed by atoms with Crippen molar-refractivity contribution in [1.29, 1.82) is 5.26 Å². The van der Waals surface area contributed by atoms with Crippen LogP contribution in [-0.4, -0.2) is 49.5 Å². The average Bonchev–Trinajstić information content (AvgIpc) is 2.95. The van der Waals surface area contributed by atoms with Crippen LogP contribution in [-0.2, 0) is 16.1 Å². The van der Waals surface area contributed by atoms with Gasteiger partial charge < -0.3 is 20.3 Å². The number of rotatable bonds is 8. The predicted octanol–water partition coefficient (Wildman–Crippen LogP) is 3.98. The minimum atomic E-state index is -0.374. The van der Waals surface area contributed by atoms with Crippen LogP contribution in [0, 0.1) is 17.1 Å². The van der Waals surface area contributed by atoms with Gasteiger partial charge in [0.15, 0.2) is 0 Å². The second kappa shape index (κ2) is 12.3. The maximum Gasteiger partial charge on any atom is 0.241 e. The molecule has 2 unspecified atom stereocenters. The summed E-state index contributed by atoms with van der Waals surface area (Å²) >= 11 is 0. The number of ether oxygens (including phenoxy) is 1. The predicted molar refractivity (Wildman–Crippen MR) is 143 cm³/mol. The summed E-state index contributed by atoms with van der Waals surface area (Å²) in [5.41, 5.74) is 3.13. The number of hydrogen-bond acceptors (Lipinski definition) is 5. The summed E-state index contributed by atoms with van der Waals surface area (Å²) < 4.78 is 21.3. The van der Waals surface area contributed by atoms with Crippen LogP contribution in [0.2, 0.25) is 0 Å². The van der Waals surface area contributed by atoms with Crippen LogP contribution in [0.3, 0.4) is 0 Å². The first-order valence-corrected chi connectivity index (χ1v) is 12.6. The van der Waals surface area contributed by atoms with Crippen LogP contribution in [0.4, 0.5) is 4.39 Å². The van der Waals surface area contributed by atoms with E-state index >= 15 is 4.39 Å². The van der Waals surface area contributed by atoms with E-state index in [2.05, 4.69) is 16.7 Å². The van der Waals surface area contributed by atoms with Gasteiger partial charge in [-0.2, -0.15) is 5.26 Å². The Morgan fingerprint density at radius 1 is 1.11 bits per heavy atom. The number of amides is 2. The highest BCUT2D eigenvalue weighted by atomic mass is 19.1. The molecule has 1 aliphatic rings. The Hall–Kier alpha value is -4.22. The number of carbonyl (C=O) groups is 2. The van der Waals surface area contributed by atoms with Crippen LogP contribution in [0.15, 0.2) is 66.7 Å².